The fourth-order valence-corrected chi connectivity index (χ4v) is 4.94. The van der Waals surface area contributed by atoms with Crippen LogP contribution in [-0.4, -0.2) is 16.6 Å². The lowest BCUT2D eigenvalue weighted by Gasteiger charge is -2.22. The quantitative estimate of drug-likeness (QED) is 0.454. The first-order valence-corrected chi connectivity index (χ1v) is 12.0. The average Bonchev–Trinajstić information content (AvgIpc) is 3.13. The van der Waals surface area contributed by atoms with Crippen molar-refractivity contribution in [1.29, 1.82) is 0 Å². The van der Waals surface area contributed by atoms with Crippen LogP contribution in [0.5, 0.6) is 0 Å². The molecule has 3 aromatic rings. The molecular weight excluding hydrogens is 423 g/mol. The first-order valence-electron chi connectivity index (χ1n) is 12.0. The van der Waals surface area contributed by atoms with Crippen molar-refractivity contribution in [3.63, 3.8) is 0 Å². The Hall–Kier alpha value is -3.60. The van der Waals surface area contributed by atoms with E-state index >= 15 is 0 Å². The second kappa shape index (κ2) is 8.98. The minimum atomic E-state index is -0.227. The molecule has 1 aliphatic carbocycles. The highest BCUT2D eigenvalue weighted by atomic mass is 19.1. The molecule has 34 heavy (non-hydrogen) atoms. The molecule has 0 bridgehead atoms. The highest BCUT2D eigenvalue weighted by molar-refractivity contribution is 6.08. The summed E-state index contributed by atoms with van der Waals surface area (Å²) in [5, 5.41) is 3.62. The summed E-state index contributed by atoms with van der Waals surface area (Å²) in [4.78, 5) is 4.91. The zero-order valence-electron chi connectivity index (χ0n) is 20.0. The third-order valence-electron chi connectivity index (χ3n) is 6.75. The lowest BCUT2D eigenvalue weighted by molar-refractivity contribution is 0.618. The second-order valence-corrected chi connectivity index (χ2v) is 9.49. The van der Waals surface area contributed by atoms with E-state index in [1.54, 1.807) is 19.1 Å². The van der Waals surface area contributed by atoms with Gasteiger partial charge in [0.1, 0.15) is 5.82 Å². The smallest absolute Gasteiger partial charge is 0.153 e. The zero-order valence-corrected chi connectivity index (χ0v) is 20.0. The SMILES string of the molecule is C=C(NC(C)Cc1ccccc1)c1cn2c3c1C(C)CCC=C3N=C(c1ccc(C)c(F)c1)N2. The van der Waals surface area contributed by atoms with Crippen molar-refractivity contribution in [2.45, 2.75) is 52.0 Å². The summed E-state index contributed by atoms with van der Waals surface area (Å²) >= 11 is 0. The van der Waals surface area contributed by atoms with E-state index < -0.39 is 0 Å². The number of aromatic nitrogens is 1. The molecule has 0 saturated carbocycles. The van der Waals surface area contributed by atoms with Crippen LogP contribution in [-0.2, 0) is 6.42 Å². The number of nitrogens with zero attached hydrogens (tertiary/aromatic N) is 2. The third kappa shape index (κ3) is 4.18. The van der Waals surface area contributed by atoms with Crippen molar-refractivity contribution in [2.75, 3.05) is 5.43 Å². The van der Waals surface area contributed by atoms with Crippen molar-refractivity contribution in [3.8, 4) is 0 Å². The molecule has 0 amide bonds. The summed E-state index contributed by atoms with van der Waals surface area (Å²) in [5.74, 6) is 0.796. The van der Waals surface area contributed by atoms with Gasteiger partial charge in [-0.1, -0.05) is 62.0 Å². The van der Waals surface area contributed by atoms with Crippen LogP contribution in [0.1, 0.15) is 66.1 Å². The summed E-state index contributed by atoms with van der Waals surface area (Å²) in [5.41, 5.74) is 11.4. The average molecular weight is 455 g/mol. The van der Waals surface area contributed by atoms with E-state index in [2.05, 4.69) is 67.7 Å². The monoisotopic (exact) mass is 454 g/mol. The second-order valence-electron chi connectivity index (χ2n) is 9.49. The maximum absolute atomic E-state index is 14.3. The van der Waals surface area contributed by atoms with Gasteiger partial charge in [0.05, 0.1) is 11.4 Å². The number of amidine groups is 1. The van der Waals surface area contributed by atoms with Crippen LogP contribution in [0, 0.1) is 12.7 Å². The van der Waals surface area contributed by atoms with Gasteiger partial charge in [-0.2, -0.15) is 0 Å². The van der Waals surface area contributed by atoms with Gasteiger partial charge in [0.2, 0.25) is 0 Å². The fraction of sp³-hybridized carbons (Fsp3) is 0.276. The molecule has 5 rings (SSSR count). The number of rotatable bonds is 6. The van der Waals surface area contributed by atoms with Crippen LogP contribution in [0.3, 0.4) is 0 Å². The molecule has 0 spiro atoms. The van der Waals surface area contributed by atoms with Crippen molar-refractivity contribution < 1.29 is 4.39 Å². The molecule has 0 radical (unpaired) electrons. The van der Waals surface area contributed by atoms with E-state index in [-0.39, 0.29) is 11.9 Å². The van der Waals surface area contributed by atoms with Crippen molar-refractivity contribution in [3.05, 3.63) is 107 Å². The Bertz CT molecular complexity index is 1300. The highest BCUT2D eigenvalue weighted by Gasteiger charge is 2.30. The van der Waals surface area contributed by atoms with Gasteiger partial charge >= 0.3 is 0 Å². The van der Waals surface area contributed by atoms with Gasteiger partial charge in [-0.3, -0.25) is 10.1 Å². The number of nitrogens with one attached hydrogen (secondary N) is 2. The molecule has 4 nitrogen and oxygen atoms in total. The number of benzene rings is 2. The van der Waals surface area contributed by atoms with E-state index in [1.165, 1.54) is 11.1 Å². The molecule has 2 N–H and O–H groups in total. The standard InChI is InChI=1S/C29H31FN4/c1-18-13-14-23(16-25(18)30)29-32-26-12-8-9-19(2)27-24(17-34(33-29)28(26)27)21(4)31-20(3)15-22-10-6-5-7-11-22/h5-7,10-14,16-17,19-20,31H,4,8-9,15H2,1-3H3,(H,32,33). The Kier molecular flexibility index (Phi) is 5.86. The topological polar surface area (TPSA) is 41.4 Å². The first kappa shape index (κ1) is 22.2. The predicted octanol–water partition coefficient (Wildman–Crippen LogP) is 6.37. The Morgan fingerprint density at radius 1 is 1.26 bits per heavy atom. The van der Waals surface area contributed by atoms with Gasteiger partial charge < -0.3 is 5.32 Å². The van der Waals surface area contributed by atoms with E-state index in [0.717, 1.165) is 47.5 Å². The van der Waals surface area contributed by atoms with Gasteiger partial charge in [0, 0.05) is 29.1 Å². The molecule has 2 heterocycles. The summed E-state index contributed by atoms with van der Waals surface area (Å²) < 4.78 is 16.3. The van der Waals surface area contributed by atoms with Gasteiger partial charge in [-0.15, -0.1) is 0 Å². The van der Waals surface area contributed by atoms with Crippen LogP contribution in [0.25, 0.3) is 11.4 Å². The van der Waals surface area contributed by atoms with Gasteiger partial charge in [-0.25, -0.2) is 9.38 Å². The largest absolute Gasteiger partial charge is 0.382 e. The summed E-state index contributed by atoms with van der Waals surface area (Å²) in [6.45, 7) is 10.6. The minimum absolute atomic E-state index is 0.227. The van der Waals surface area contributed by atoms with E-state index in [9.17, 15) is 4.39 Å². The molecule has 2 atom stereocenters. The van der Waals surface area contributed by atoms with Crippen molar-refractivity contribution in [1.82, 2.24) is 9.99 Å². The Morgan fingerprint density at radius 3 is 2.82 bits per heavy atom. The lowest BCUT2D eigenvalue weighted by atomic mass is 9.93. The molecule has 174 valence electrons. The highest BCUT2D eigenvalue weighted by Crippen LogP contribution is 2.40. The normalized spacial score (nSPS) is 17.6. The van der Waals surface area contributed by atoms with Crippen LogP contribution >= 0.6 is 0 Å². The van der Waals surface area contributed by atoms with Crippen LogP contribution in [0.4, 0.5) is 4.39 Å². The van der Waals surface area contributed by atoms with Crippen LogP contribution < -0.4 is 10.7 Å². The van der Waals surface area contributed by atoms with E-state index in [0.29, 0.717) is 17.3 Å². The number of aliphatic imine (C=N–C) groups is 1. The van der Waals surface area contributed by atoms with Gasteiger partial charge in [0.15, 0.2) is 5.84 Å². The maximum atomic E-state index is 14.3. The van der Waals surface area contributed by atoms with E-state index in [1.807, 2.05) is 16.8 Å². The van der Waals surface area contributed by atoms with Crippen molar-refractivity contribution in [2.24, 2.45) is 4.99 Å². The molecule has 0 saturated heterocycles. The fourth-order valence-electron chi connectivity index (χ4n) is 4.94. The first-order chi connectivity index (χ1) is 16.4. The zero-order chi connectivity index (χ0) is 23.8. The third-order valence-corrected chi connectivity index (χ3v) is 6.75. The number of hydrogen-bond donors (Lipinski definition) is 2. The summed E-state index contributed by atoms with van der Waals surface area (Å²) in [6.07, 6.45) is 7.22. The van der Waals surface area contributed by atoms with Gasteiger partial charge in [0.25, 0.3) is 0 Å². The molecule has 5 heteroatoms. The molecule has 2 aromatic carbocycles. The van der Waals surface area contributed by atoms with E-state index in [4.69, 9.17) is 4.99 Å². The molecule has 1 aliphatic heterocycles. The predicted molar refractivity (Wildman–Crippen MR) is 139 cm³/mol. The molecule has 2 aliphatic rings. The Morgan fingerprint density at radius 2 is 2.06 bits per heavy atom. The Labute approximate surface area is 200 Å². The number of halogens is 1. The van der Waals surface area contributed by atoms with Crippen molar-refractivity contribution >= 4 is 17.2 Å². The molecular formula is C29H31FN4. The molecule has 0 fully saturated rings. The van der Waals surface area contributed by atoms with Crippen LogP contribution in [0.15, 0.2) is 72.4 Å². The molecule has 2 unspecified atom stereocenters. The molecule has 1 aromatic heterocycles. The lowest BCUT2D eigenvalue weighted by Crippen LogP contribution is -2.28. The maximum Gasteiger partial charge on any atom is 0.153 e. The number of hydrogen-bond acceptors (Lipinski definition) is 3. The number of aryl methyl sites for hydroxylation is 1. The summed E-state index contributed by atoms with van der Waals surface area (Å²) in [6, 6.07) is 16.0. The Balaban J connectivity index is 1.46. The minimum Gasteiger partial charge on any atom is -0.382 e. The number of allylic oxidation sites excluding steroid dienone is 1. The van der Waals surface area contributed by atoms with Crippen LogP contribution in [0.2, 0.25) is 0 Å². The summed E-state index contributed by atoms with van der Waals surface area (Å²) in [7, 11) is 0. The van der Waals surface area contributed by atoms with Gasteiger partial charge in [-0.05, 0) is 61.8 Å².